The number of rotatable bonds is 1. The Kier molecular flexibility index (Phi) is 4.91. The Morgan fingerprint density at radius 2 is 0.968 bits per heavy atom. The lowest BCUT2D eigenvalue weighted by molar-refractivity contribution is 0.153. The quantitative estimate of drug-likeness (QED) is 0.402. The molecule has 0 aromatic heterocycles. The number of ether oxygens (including phenoxy) is 4. The standard InChI is InChI=1S/C27H32O4/c1-7-19-9-16(4)30-26-12-22-17(5)20-10-24-25(29-15(3)8-14(2)28-24)11-21(20)18(6)23(22)13-27(26)31-19/h10-16,19H,7-9H2,1-6H3. The van der Waals surface area contributed by atoms with Gasteiger partial charge in [-0.25, -0.2) is 0 Å². The zero-order valence-electron chi connectivity index (χ0n) is 19.4. The molecule has 4 unspecified atom stereocenters. The summed E-state index contributed by atoms with van der Waals surface area (Å²) in [7, 11) is 0. The number of hydrogen-bond donors (Lipinski definition) is 0. The fraction of sp³-hybridized carbons (Fsp3) is 0.481. The zero-order valence-corrected chi connectivity index (χ0v) is 19.4. The van der Waals surface area contributed by atoms with Crippen molar-refractivity contribution in [3.8, 4) is 23.0 Å². The smallest absolute Gasteiger partial charge is 0.162 e. The molecule has 2 heterocycles. The maximum atomic E-state index is 6.35. The van der Waals surface area contributed by atoms with Crippen LogP contribution in [0.3, 0.4) is 0 Å². The molecule has 0 saturated heterocycles. The first-order valence-corrected chi connectivity index (χ1v) is 11.5. The number of hydrogen-bond acceptors (Lipinski definition) is 4. The Hall–Kier alpha value is -2.62. The molecule has 0 aliphatic carbocycles. The van der Waals surface area contributed by atoms with Gasteiger partial charge in [0.25, 0.3) is 0 Å². The zero-order chi connectivity index (χ0) is 21.9. The molecule has 3 aromatic rings. The minimum atomic E-state index is 0.129. The summed E-state index contributed by atoms with van der Waals surface area (Å²) < 4.78 is 25.1. The maximum absolute atomic E-state index is 6.35. The molecule has 3 aromatic carbocycles. The lowest BCUT2D eigenvalue weighted by Crippen LogP contribution is -2.21. The van der Waals surface area contributed by atoms with Gasteiger partial charge in [-0.2, -0.15) is 0 Å². The van der Waals surface area contributed by atoms with E-state index in [-0.39, 0.29) is 24.4 Å². The summed E-state index contributed by atoms with van der Waals surface area (Å²) in [5.41, 5.74) is 2.45. The lowest BCUT2D eigenvalue weighted by Gasteiger charge is -2.19. The average molecular weight is 421 g/mol. The highest BCUT2D eigenvalue weighted by molar-refractivity contribution is 6.07. The number of fused-ring (bicyclic) bond motifs is 4. The van der Waals surface area contributed by atoms with E-state index in [1.54, 1.807) is 0 Å². The first-order valence-electron chi connectivity index (χ1n) is 11.5. The Labute approximate surface area is 184 Å². The largest absolute Gasteiger partial charge is 0.487 e. The third kappa shape index (κ3) is 3.46. The summed E-state index contributed by atoms with van der Waals surface area (Å²) in [5.74, 6) is 3.36. The molecule has 0 amide bonds. The van der Waals surface area contributed by atoms with Crippen LogP contribution < -0.4 is 18.9 Å². The normalized spacial score (nSPS) is 25.4. The third-order valence-electron chi connectivity index (χ3n) is 6.78. The predicted molar refractivity (Wildman–Crippen MR) is 125 cm³/mol. The molecule has 0 spiro atoms. The van der Waals surface area contributed by atoms with Gasteiger partial charge in [-0.3, -0.25) is 0 Å². The lowest BCUT2D eigenvalue weighted by atomic mass is 9.92. The van der Waals surface area contributed by atoms with Crippen molar-refractivity contribution in [1.82, 2.24) is 0 Å². The highest BCUT2D eigenvalue weighted by atomic mass is 16.5. The summed E-state index contributed by atoms with van der Waals surface area (Å²) in [6, 6.07) is 8.64. The van der Waals surface area contributed by atoms with E-state index in [9.17, 15) is 0 Å². The van der Waals surface area contributed by atoms with E-state index >= 15 is 0 Å². The number of aryl methyl sites for hydroxylation is 2. The minimum absolute atomic E-state index is 0.129. The van der Waals surface area contributed by atoms with Gasteiger partial charge in [0.15, 0.2) is 23.0 Å². The fourth-order valence-corrected chi connectivity index (χ4v) is 5.13. The third-order valence-corrected chi connectivity index (χ3v) is 6.78. The molecule has 0 radical (unpaired) electrons. The number of benzene rings is 3. The molecule has 2 aliphatic rings. The first kappa shape index (κ1) is 20.3. The Bertz CT molecular complexity index is 1170. The summed E-state index contributed by atoms with van der Waals surface area (Å²) in [6.07, 6.45) is 3.33. The van der Waals surface area contributed by atoms with Crippen molar-refractivity contribution in [3.05, 3.63) is 35.4 Å². The van der Waals surface area contributed by atoms with E-state index in [0.29, 0.717) is 0 Å². The van der Waals surface area contributed by atoms with Crippen LogP contribution in [0, 0.1) is 13.8 Å². The monoisotopic (exact) mass is 420 g/mol. The van der Waals surface area contributed by atoms with Crippen LogP contribution in [0.5, 0.6) is 23.0 Å². The van der Waals surface area contributed by atoms with Crippen LogP contribution in [-0.4, -0.2) is 24.4 Å². The van der Waals surface area contributed by atoms with Crippen molar-refractivity contribution in [2.24, 2.45) is 0 Å². The molecule has 4 atom stereocenters. The second-order valence-corrected chi connectivity index (χ2v) is 9.34. The molecule has 5 rings (SSSR count). The first-order chi connectivity index (χ1) is 14.8. The van der Waals surface area contributed by atoms with Gasteiger partial charge in [-0.15, -0.1) is 0 Å². The van der Waals surface area contributed by atoms with Gasteiger partial charge in [0, 0.05) is 12.8 Å². The molecule has 0 N–H and O–H groups in total. The van der Waals surface area contributed by atoms with E-state index in [4.69, 9.17) is 18.9 Å². The van der Waals surface area contributed by atoms with E-state index < -0.39 is 0 Å². The summed E-state index contributed by atoms with van der Waals surface area (Å²) in [4.78, 5) is 0. The predicted octanol–water partition coefficient (Wildman–Crippen LogP) is 6.88. The highest BCUT2D eigenvalue weighted by Crippen LogP contribution is 2.45. The van der Waals surface area contributed by atoms with Crippen molar-refractivity contribution in [2.75, 3.05) is 0 Å². The summed E-state index contributed by atoms with van der Waals surface area (Å²) in [6.45, 7) is 12.9. The van der Waals surface area contributed by atoms with Crippen LogP contribution in [0.4, 0.5) is 0 Å². The van der Waals surface area contributed by atoms with Crippen LogP contribution in [-0.2, 0) is 0 Å². The topological polar surface area (TPSA) is 36.9 Å². The summed E-state index contributed by atoms with van der Waals surface area (Å²) >= 11 is 0. The molecule has 0 bridgehead atoms. The van der Waals surface area contributed by atoms with Crippen LogP contribution in [0.25, 0.3) is 21.5 Å². The van der Waals surface area contributed by atoms with Crippen molar-refractivity contribution in [1.29, 1.82) is 0 Å². The highest BCUT2D eigenvalue weighted by Gasteiger charge is 2.25. The van der Waals surface area contributed by atoms with Crippen molar-refractivity contribution in [3.63, 3.8) is 0 Å². The van der Waals surface area contributed by atoms with E-state index in [1.165, 1.54) is 32.7 Å². The van der Waals surface area contributed by atoms with Gasteiger partial charge in [-0.1, -0.05) is 6.92 Å². The van der Waals surface area contributed by atoms with E-state index in [1.807, 2.05) is 0 Å². The Balaban J connectivity index is 1.74. The van der Waals surface area contributed by atoms with Crippen LogP contribution in [0.1, 0.15) is 58.1 Å². The Morgan fingerprint density at radius 3 is 1.35 bits per heavy atom. The molecule has 164 valence electrons. The van der Waals surface area contributed by atoms with Crippen molar-refractivity contribution in [2.45, 2.75) is 85.2 Å². The minimum Gasteiger partial charge on any atom is -0.487 e. The molecular formula is C27H32O4. The maximum Gasteiger partial charge on any atom is 0.162 e. The molecule has 4 nitrogen and oxygen atoms in total. The van der Waals surface area contributed by atoms with Gasteiger partial charge in [0.05, 0.1) is 18.3 Å². The van der Waals surface area contributed by atoms with Crippen LogP contribution in [0.15, 0.2) is 24.3 Å². The Morgan fingerprint density at radius 1 is 0.613 bits per heavy atom. The molecule has 0 fully saturated rings. The van der Waals surface area contributed by atoms with Gasteiger partial charge in [0.1, 0.15) is 6.10 Å². The molecule has 31 heavy (non-hydrogen) atoms. The molecule has 2 aliphatic heterocycles. The second-order valence-electron chi connectivity index (χ2n) is 9.34. The van der Waals surface area contributed by atoms with E-state index in [2.05, 4.69) is 65.8 Å². The van der Waals surface area contributed by atoms with Gasteiger partial charge in [-0.05, 0) is 98.0 Å². The average Bonchev–Trinajstić information content (AvgIpc) is 2.97. The SMILES string of the molecule is CCC1CC(C)Oc2cc3c(C)c4cc5c(cc4c(C)c3cc2O1)OC(C)CC(C)O5. The fourth-order valence-electron chi connectivity index (χ4n) is 5.13. The van der Waals surface area contributed by atoms with Gasteiger partial charge in [0.2, 0.25) is 0 Å². The molecule has 4 heteroatoms. The van der Waals surface area contributed by atoms with E-state index in [0.717, 1.165) is 42.3 Å². The second kappa shape index (κ2) is 7.51. The van der Waals surface area contributed by atoms with Crippen LogP contribution in [0.2, 0.25) is 0 Å². The summed E-state index contributed by atoms with van der Waals surface area (Å²) in [5, 5.41) is 4.80. The van der Waals surface area contributed by atoms with Crippen molar-refractivity contribution < 1.29 is 18.9 Å². The van der Waals surface area contributed by atoms with Gasteiger partial charge >= 0.3 is 0 Å². The molecular weight excluding hydrogens is 388 g/mol. The van der Waals surface area contributed by atoms with Crippen LogP contribution >= 0.6 is 0 Å². The van der Waals surface area contributed by atoms with Gasteiger partial charge < -0.3 is 18.9 Å². The molecule has 0 saturated carbocycles. The van der Waals surface area contributed by atoms with Crippen molar-refractivity contribution >= 4 is 21.5 Å².